The first kappa shape index (κ1) is 17.5. The smallest absolute Gasteiger partial charge is 0.258 e. The lowest BCUT2D eigenvalue weighted by Crippen LogP contribution is -1.95. The summed E-state index contributed by atoms with van der Waals surface area (Å²) >= 11 is 0. The topological polar surface area (TPSA) is 87.4 Å². The molecule has 0 aliphatic carbocycles. The minimum absolute atomic E-state index is 0.449. The summed E-state index contributed by atoms with van der Waals surface area (Å²) in [5.74, 6) is 2.67. The molecule has 0 saturated heterocycles. The Kier molecular flexibility index (Phi) is 3.73. The van der Waals surface area contributed by atoms with E-state index in [4.69, 9.17) is 4.52 Å². The van der Waals surface area contributed by atoms with E-state index >= 15 is 0 Å². The summed E-state index contributed by atoms with van der Waals surface area (Å²) in [7, 11) is 2.00. The molecule has 0 unspecified atom stereocenters. The zero-order valence-electron chi connectivity index (χ0n) is 16.9. The molecule has 2 aromatic carbocycles. The van der Waals surface area contributed by atoms with Gasteiger partial charge in [-0.05, 0) is 49.4 Å². The van der Waals surface area contributed by atoms with Crippen molar-refractivity contribution in [1.82, 2.24) is 34.2 Å². The molecule has 0 saturated carbocycles. The quantitative estimate of drug-likeness (QED) is 0.434. The van der Waals surface area contributed by atoms with Gasteiger partial charge in [-0.25, -0.2) is 15.0 Å². The molecule has 8 nitrogen and oxygen atoms in total. The van der Waals surface area contributed by atoms with Crippen molar-refractivity contribution in [2.45, 2.75) is 6.92 Å². The molecule has 8 heteroatoms. The number of aromatic nitrogens is 7. The number of benzene rings is 2. The largest absolute Gasteiger partial charge is 0.334 e. The Morgan fingerprint density at radius 3 is 2.58 bits per heavy atom. The second-order valence-electron chi connectivity index (χ2n) is 7.35. The van der Waals surface area contributed by atoms with E-state index in [0.717, 1.165) is 44.8 Å². The second kappa shape index (κ2) is 6.60. The van der Waals surface area contributed by atoms with Gasteiger partial charge in [-0.15, -0.1) is 0 Å². The summed E-state index contributed by atoms with van der Waals surface area (Å²) in [6.45, 7) is 1.98. The lowest BCUT2D eigenvalue weighted by molar-refractivity contribution is 0.432. The molecule has 0 aliphatic rings. The molecule has 0 spiro atoms. The molecule has 0 fully saturated rings. The first-order chi connectivity index (χ1) is 15.2. The normalized spacial score (nSPS) is 11.5. The summed E-state index contributed by atoms with van der Waals surface area (Å²) in [4.78, 5) is 18.1. The van der Waals surface area contributed by atoms with Crippen molar-refractivity contribution >= 4 is 22.1 Å². The lowest BCUT2D eigenvalue weighted by Gasteiger charge is -2.03. The summed E-state index contributed by atoms with van der Waals surface area (Å²) in [6.07, 6.45) is 3.51. The maximum absolute atomic E-state index is 5.51. The van der Waals surface area contributed by atoms with Crippen molar-refractivity contribution in [2.75, 3.05) is 0 Å². The predicted octanol–water partition coefficient (Wildman–Crippen LogP) is 4.33. The van der Waals surface area contributed by atoms with Gasteiger partial charge in [0, 0.05) is 24.4 Å². The Labute approximate surface area is 176 Å². The van der Waals surface area contributed by atoms with Gasteiger partial charge in [-0.2, -0.15) is 4.98 Å². The molecule has 6 rings (SSSR count). The molecule has 150 valence electrons. The first-order valence-electron chi connectivity index (χ1n) is 9.83. The van der Waals surface area contributed by atoms with Gasteiger partial charge in [0.1, 0.15) is 18.0 Å². The highest BCUT2D eigenvalue weighted by molar-refractivity contribution is 5.81. The Hall–Kier alpha value is -4.33. The second-order valence-corrected chi connectivity index (χ2v) is 7.35. The van der Waals surface area contributed by atoms with Crippen molar-refractivity contribution in [1.29, 1.82) is 0 Å². The maximum Gasteiger partial charge on any atom is 0.258 e. The van der Waals surface area contributed by atoms with Crippen LogP contribution in [-0.2, 0) is 7.05 Å². The molecule has 0 aliphatic heterocycles. The SMILES string of the molecule is Cc1nc2cc(-c3nc(-c4ccc(-n5cnc6ccccc65)nc4)no3)ccc2n1C. The van der Waals surface area contributed by atoms with Crippen LogP contribution < -0.4 is 0 Å². The Bertz CT molecular complexity index is 1560. The van der Waals surface area contributed by atoms with Crippen molar-refractivity contribution in [3.05, 3.63) is 72.9 Å². The van der Waals surface area contributed by atoms with Gasteiger partial charge in [0.2, 0.25) is 5.82 Å². The van der Waals surface area contributed by atoms with Gasteiger partial charge in [0.25, 0.3) is 5.89 Å². The minimum atomic E-state index is 0.449. The molecule has 0 amide bonds. The van der Waals surface area contributed by atoms with Crippen molar-refractivity contribution in [2.24, 2.45) is 7.05 Å². The van der Waals surface area contributed by atoms with E-state index in [1.807, 2.05) is 73.1 Å². The van der Waals surface area contributed by atoms with Crippen LogP contribution in [0.5, 0.6) is 0 Å². The van der Waals surface area contributed by atoms with Gasteiger partial charge in [0.15, 0.2) is 0 Å². The average molecular weight is 407 g/mol. The molecule has 4 heterocycles. The first-order valence-corrected chi connectivity index (χ1v) is 9.83. The van der Waals surface area contributed by atoms with Crippen molar-refractivity contribution < 1.29 is 4.52 Å². The van der Waals surface area contributed by atoms with E-state index < -0.39 is 0 Å². The third-order valence-electron chi connectivity index (χ3n) is 5.48. The van der Waals surface area contributed by atoms with Crippen LogP contribution in [0.25, 0.3) is 50.7 Å². The van der Waals surface area contributed by atoms with Crippen LogP contribution in [-0.4, -0.2) is 34.2 Å². The highest BCUT2D eigenvalue weighted by Crippen LogP contribution is 2.26. The zero-order valence-corrected chi connectivity index (χ0v) is 16.9. The summed E-state index contributed by atoms with van der Waals surface area (Å²) in [5.41, 5.74) is 5.50. The fraction of sp³-hybridized carbons (Fsp3) is 0.0870. The fourth-order valence-corrected chi connectivity index (χ4v) is 3.71. The molecule has 4 aromatic heterocycles. The molecular formula is C23H17N7O. The standard InChI is InChI=1S/C23H17N7O/c1-14-26-18-11-15(7-9-19(18)29(14)2)23-27-22(28-31-23)16-8-10-21(24-12-16)30-13-25-17-5-3-4-6-20(17)30/h3-13H,1-2H3. The highest BCUT2D eigenvalue weighted by Gasteiger charge is 2.14. The van der Waals surface area contributed by atoms with Crippen LogP contribution in [0.3, 0.4) is 0 Å². The van der Waals surface area contributed by atoms with E-state index in [2.05, 4.69) is 29.7 Å². The van der Waals surface area contributed by atoms with Gasteiger partial charge >= 0.3 is 0 Å². The number of hydrogen-bond acceptors (Lipinski definition) is 6. The number of fused-ring (bicyclic) bond motifs is 2. The molecule has 0 atom stereocenters. The van der Waals surface area contributed by atoms with E-state index in [1.165, 1.54) is 0 Å². The number of pyridine rings is 1. The average Bonchev–Trinajstić information content (AvgIpc) is 3.52. The third kappa shape index (κ3) is 2.80. The van der Waals surface area contributed by atoms with Gasteiger partial charge in [-0.1, -0.05) is 17.3 Å². The van der Waals surface area contributed by atoms with E-state index in [-0.39, 0.29) is 0 Å². The van der Waals surface area contributed by atoms with E-state index in [9.17, 15) is 0 Å². The summed E-state index contributed by atoms with van der Waals surface area (Å²) in [5, 5.41) is 4.14. The molecule has 0 radical (unpaired) electrons. The monoisotopic (exact) mass is 407 g/mol. The molecule has 6 aromatic rings. The predicted molar refractivity (Wildman–Crippen MR) is 117 cm³/mol. The Morgan fingerprint density at radius 2 is 1.71 bits per heavy atom. The fourth-order valence-electron chi connectivity index (χ4n) is 3.71. The van der Waals surface area contributed by atoms with Crippen molar-refractivity contribution in [3.63, 3.8) is 0 Å². The van der Waals surface area contributed by atoms with Crippen LogP contribution in [0.1, 0.15) is 5.82 Å². The van der Waals surface area contributed by atoms with Gasteiger partial charge in [0.05, 0.1) is 22.1 Å². The van der Waals surface area contributed by atoms with E-state index in [1.54, 1.807) is 12.5 Å². The van der Waals surface area contributed by atoms with Crippen LogP contribution in [0.2, 0.25) is 0 Å². The van der Waals surface area contributed by atoms with Crippen LogP contribution in [0, 0.1) is 6.92 Å². The zero-order chi connectivity index (χ0) is 20.9. The number of imidazole rings is 2. The highest BCUT2D eigenvalue weighted by atomic mass is 16.5. The van der Waals surface area contributed by atoms with E-state index in [0.29, 0.717) is 11.7 Å². The maximum atomic E-state index is 5.51. The van der Waals surface area contributed by atoms with Gasteiger partial charge < -0.3 is 9.09 Å². The summed E-state index contributed by atoms with van der Waals surface area (Å²) < 4.78 is 9.51. The molecule has 31 heavy (non-hydrogen) atoms. The number of hydrogen-bond donors (Lipinski definition) is 0. The molecule has 0 N–H and O–H groups in total. The van der Waals surface area contributed by atoms with Crippen LogP contribution in [0.4, 0.5) is 0 Å². The number of aryl methyl sites for hydroxylation is 2. The third-order valence-corrected chi connectivity index (χ3v) is 5.48. The van der Waals surface area contributed by atoms with Crippen LogP contribution in [0.15, 0.2) is 71.6 Å². The Balaban J connectivity index is 1.32. The molecular weight excluding hydrogens is 390 g/mol. The number of nitrogens with zero attached hydrogens (tertiary/aromatic N) is 7. The number of para-hydroxylation sites is 2. The minimum Gasteiger partial charge on any atom is -0.334 e. The number of rotatable bonds is 3. The Morgan fingerprint density at radius 1 is 0.839 bits per heavy atom. The van der Waals surface area contributed by atoms with Crippen molar-refractivity contribution in [3.8, 4) is 28.7 Å². The van der Waals surface area contributed by atoms with Crippen LogP contribution >= 0.6 is 0 Å². The molecule has 0 bridgehead atoms. The lowest BCUT2D eigenvalue weighted by atomic mass is 10.2. The summed E-state index contributed by atoms with van der Waals surface area (Å²) in [6, 6.07) is 17.7. The van der Waals surface area contributed by atoms with Gasteiger partial charge in [-0.3, -0.25) is 4.57 Å².